The third-order valence-electron chi connectivity index (χ3n) is 2.20. The number of halogens is 2. The quantitative estimate of drug-likeness (QED) is 0.790. The van der Waals surface area contributed by atoms with Crippen molar-refractivity contribution in [3.8, 4) is 5.75 Å². The smallest absolute Gasteiger partial charge is 0.423 e. The van der Waals surface area contributed by atoms with E-state index in [1.165, 1.54) is 25.1 Å². The van der Waals surface area contributed by atoms with E-state index in [1.54, 1.807) is 6.07 Å². The molecule has 1 aromatic rings. The van der Waals surface area contributed by atoms with E-state index in [0.29, 0.717) is 4.90 Å². The zero-order chi connectivity index (χ0) is 11.9. The summed E-state index contributed by atoms with van der Waals surface area (Å²) >= 11 is 0. The number of alkyl halides is 2. The molecule has 0 radical (unpaired) electrons. The maximum absolute atomic E-state index is 13.2. The van der Waals surface area contributed by atoms with Gasteiger partial charge in [0.1, 0.15) is 6.23 Å². The van der Waals surface area contributed by atoms with E-state index in [4.69, 9.17) is 0 Å². The second kappa shape index (κ2) is 3.41. The molecule has 1 atom stereocenters. The molecule has 0 aromatic heterocycles. The van der Waals surface area contributed by atoms with Crippen molar-refractivity contribution in [3.05, 3.63) is 24.3 Å². The van der Waals surface area contributed by atoms with Gasteiger partial charge >= 0.3 is 12.0 Å². The van der Waals surface area contributed by atoms with Gasteiger partial charge in [0, 0.05) is 0 Å². The first-order valence-corrected chi connectivity index (χ1v) is 4.61. The van der Waals surface area contributed by atoms with Crippen LogP contribution in [0.5, 0.6) is 5.75 Å². The van der Waals surface area contributed by atoms with Crippen molar-refractivity contribution in [3.63, 3.8) is 0 Å². The molecule has 0 fully saturated rings. The summed E-state index contributed by atoms with van der Waals surface area (Å²) < 4.78 is 30.6. The highest BCUT2D eigenvalue weighted by molar-refractivity contribution is 6.01. The van der Waals surface area contributed by atoms with Gasteiger partial charge in [-0.2, -0.15) is 8.78 Å². The highest BCUT2D eigenvalue weighted by Gasteiger charge is 2.51. The van der Waals surface area contributed by atoms with Crippen molar-refractivity contribution in [1.82, 2.24) is 0 Å². The van der Waals surface area contributed by atoms with Gasteiger partial charge in [-0.05, 0) is 19.1 Å². The Morgan fingerprint density at radius 1 is 1.44 bits per heavy atom. The monoisotopic (exact) mass is 229 g/mol. The maximum atomic E-state index is 13.2. The minimum absolute atomic E-state index is 0.131. The number of nitrogens with zero attached hydrogens (tertiary/aromatic N) is 1. The lowest BCUT2D eigenvalue weighted by molar-refractivity contribution is -0.194. The van der Waals surface area contributed by atoms with Gasteiger partial charge in [-0.3, -0.25) is 9.69 Å². The SMILES string of the molecule is C[C@H](O)N1C(=O)C(F)(F)Oc2ccccc21. The lowest BCUT2D eigenvalue weighted by atomic mass is 10.2. The average Bonchev–Trinajstić information content (AvgIpc) is 2.18. The number of para-hydroxylation sites is 2. The van der Waals surface area contributed by atoms with Crippen LogP contribution in [-0.4, -0.2) is 23.4 Å². The van der Waals surface area contributed by atoms with Gasteiger partial charge in [-0.25, -0.2) is 0 Å². The highest BCUT2D eigenvalue weighted by atomic mass is 19.3. The molecule has 0 aliphatic carbocycles. The Bertz CT molecular complexity index is 434. The molecule has 1 N–H and O–H groups in total. The van der Waals surface area contributed by atoms with Gasteiger partial charge in [-0.15, -0.1) is 0 Å². The summed E-state index contributed by atoms with van der Waals surface area (Å²) in [6, 6.07) is 5.81. The maximum Gasteiger partial charge on any atom is 0.483 e. The third kappa shape index (κ3) is 1.51. The van der Waals surface area contributed by atoms with E-state index in [-0.39, 0.29) is 11.4 Å². The van der Waals surface area contributed by atoms with Gasteiger partial charge in [0.2, 0.25) is 0 Å². The third-order valence-corrected chi connectivity index (χ3v) is 2.20. The molecule has 1 aromatic carbocycles. The number of carbonyl (C=O) groups excluding carboxylic acids is 1. The van der Waals surface area contributed by atoms with Crippen LogP contribution in [0.3, 0.4) is 0 Å². The number of benzene rings is 1. The average molecular weight is 229 g/mol. The summed E-state index contributed by atoms with van der Waals surface area (Å²) in [5.74, 6) is -1.70. The molecular weight excluding hydrogens is 220 g/mol. The van der Waals surface area contributed by atoms with Gasteiger partial charge in [0.15, 0.2) is 5.75 Å². The molecule has 1 aliphatic rings. The molecule has 0 unspecified atom stereocenters. The molecule has 0 saturated heterocycles. The Balaban J connectivity index is 2.56. The van der Waals surface area contributed by atoms with Crippen LogP contribution in [0.25, 0.3) is 0 Å². The van der Waals surface area contributed by atoms with Crippen molar-refractivity contribution in [2.24, 2.45) is 0 Å². The standard InChI is InChI=1S/C10H9F2NO3/c1-6(14)13-7-4-2-3-5-8(7)16-10(11,12)9(13)15/h2-6,14H,1H3/t6-/m0/s1. The van der Waals surface area contributed by atoms with Crippen LogP contribution in [-0.2, 0) is 4.79 Å². The second-order valence-corrected chi connectivity index (χ2v) is 3.39. The molecular formula is C10H9F2NO3. The molecule has 6 heteroatoms. The lowest BCUT2D eigenvalue weighted by Crippen LogP contribution is -2.53. The fourth-order valence-corrected chi connectivity index (χ4v) is 1.54. The molecule has 86 valence electrons. The van der Waals surface area contributed by atoms with Crippen molar-refractivity contribution < 1.29 is 23.4 Å². The van der Waals surface area contributed by atoms with Crippen LogP contribution in [0.2, 0.25) is 0 Å². The summed E-state index contributed by atoms with van der Waals surface area (Å²) in [6.45, 7) is 1.23. The molecule has 16 heavy (non-hydrogen) atoms. The molecule has 2 rings (SSSR count). The summed E-state index contributed by atoms with van der Waals surface area (Å²) in [6.07, 6.45) is -5.28. The largest absolute Gasteiger partial charge is 0.483 e. The molecule has 0 spiro atoms. The summed E-state index contributed by atoms with van der Waals surface area (Å²) in [5.41, 5.74) is 0.133. The zero-order valence-corrected chi connectivity index (χ0v) is 8.35. The number of ether oxygens (including phenoxy) is 1. The number of fused-ring (bicyclic) bond motifs is 1. The number of anilines is 1. The van der Waals surface area contributed by atoms with Crippen LogP contribution in [0.15, 0.2) is 24.3 Å². The number of hydrogen-bond donors (Lipinski definition) is 1. The first-order chi connectivity index (χ1) is 7.43. The first kappa shape index (κ1) is 10.8. The number of amides is 1. The summed E-state index contributed by atoms with van der Waals surface area (Å²) in [5, 5.41) is 9.34. The fraction of sp³-hybridized carbons (Fsp3) is 0.300. The number of aliphatic hydroxyl groups is 1. The van der Waals surface area contributed by atoms with Crippen LogP contribution >= 0.6 is 0 Å². The molecule has 1 heterocycles. The first-order valence-electron chi connectivity index (χ1n) is 4.61. The van der Waals surface area contributed by atoms with Crippen molar-refractivity contribution in [2.45, 2.75) is 19.3 Å². The van der Waals surface area contributed by atoms with Crippen LogP contribution < -0.4 is 9.64 Å². The topological polar surface area (TPSA) is 49.8 Å². The number of hydrogen-bond acceptors (Lipinski definition) is 3. The van der Waals surface area contributed by atoms with Gasteiger partial charge in [-0.1, -0.05) is 12.1 Å². The molecule has 1 aliphatic heterocycles. The molecule has 0 saturated carbocycles. The Hall–Kier alpha value is -1.69. The van der Waals surface area contributed by atoms with E-state index < -0.39 is 18.2 Å². The minimum Gasteiger partial charge on any atom is -0.423 e. The van der Waals surface area contributed by atoms with Gasteiger partial charge < -0.3 is 9.84 Å². The predicted molar refractivity (Wildman–Crippen MR) is 51.2 cm³/mol. The minimum atomic E-state index is -3.94. The van der Waals surface area contributed by atoms with Crippen LogP contribution in [0.4, 0.5) is 14.5 Å². The number of carbonyl (C=O) groups is 1. The fourth-order valence-electron chi connectivity index (χ4n) is 1.54. The molecule has 0 bridgehead atoms. The molecule has 1 amide bonds. The van der Waals surface area contributed by atoms with Crippen molar-refractivity contribution in [2.75, 3.05) is 4.90 Å². The number of rotatable bonds is 1. The number of aliphatic hydroxyl groups excluding tert-OH is 1. The summed E-state index contributed by atoms with van der Waals surface area (Å²) in [7, 11) is 0. The summed E-state index contributed by atoms with van der Waals surface area (Å²) in [4.78, 5) is 12.0. The van der Waals surface area contributed by atoms with E-state index >= 15 is 0 Å². The van der Waals surface area contributed by atoms with E-state index in [2.05, 4.69) is 4.74 Å². The Morgan fingerprint density at radius 3 is 2.69 bits per heavy atom. The van der Waals surface area contributed by atoms with E-state index in [9.17, 15) is 18.7 Å². The Labute approximate surface area is 90.0 Å². The molecule has 4 nitrogen and oxygen atoms in total. The normalized spacial score (nSPS) is 20.0. The second-order valence-electron chi connectivity index (χ2n) is 3.39. The predicted octanol–water partition coefficient (Wildman–Crippen LogP) is 1.34. The van der Waals surface area contributed by atoms with Crippen LogP contribution in [0, 0.1) is 0 Å². The zero-order valence-electron chi connectivity index (χ0n) is 8.35. The van der Waals surface area contributed by atoms with E-state index in [1.807, 2.05) is 0 Å². The van der Waals surface area contributed by atoms with Crippen LogP contribution in [0.1, 0.15) is 6.92 Å². The highest BCUT2D eigenvalue weighted by Crippen LogP contribution is 2.39. The van der Waals surface area contributed by atoms with Gasteiger partial charge in [0.25, 0.3) is 0 Å². The van der Waals surface area contributed by atoms with Crippen molar-refractivity contribution in [1.29, 1.82) is 0 Å². The van der Waals surface area contributed by atoms with Gasteiger partial charge in [0.05, 0.1) is 5.69 Å². The Kier molecular flexibility index (Phi) is 2.31. The Morgan fingerprint density at radius 2 is 2.06 bits per heavy atom. The van der Waals surface area contributed by atoms with E-state index in [0.717, 1.165) is 0 Å². The van der Waals surface area contributed by atoms with Crippen molar-refractivity contribution >= 4 is 11.6 Å². The lowest BCUT2D eigenvalue weighted by Gasteiger charge is -2.34.